The summed E-state index contributed by atoms with van der Waals surface area (Å²) in [4.78, 5) is 28.2. The molecule has 4 aromatic rings. The molecule has 10 heteroatoms. The van der Waals surface area contributed by atoms with Crippen molar-refractivity contribution in [1.82, 2.24) is 14.1 Å². The third-order valence-electron chi connectivity index (χ3n) is 4.21. The number of halogens is 3. The molecule has 7 nitrogen and oxygen atoms in total. The highest BCUT2D eigenvalue weighted by Crippen LogP contribution is 2.22. The Balaban J connectivity index is 0.00000240. The Bertz CT molecular complexity index is 1300. The van der Waals surface area contributed by atoms with E-state index in [4.69, 9.17) is 5.73 Å². The Labute approximate surface area is 168 Å². The summed E-state index contributed by atoms with van der Waals surface area (Å²) >= 11 is 0. The van der Waals surface area contributed by atoms with Gasteiger partial charge in [-0.25, -0.2) is 18.6 Å². The molecule has 0 amide bonds. The van der Waals surface area contributed by atoms with Crippen LogP contribution in [0.15, 0.2) is 59.8 Å². The molecule has 0 aliphatic carbocycles. The lowest BCUT2D eigenvalue weighted by molar-refractivity contribution is 0.0695. The number of hydrogen-bond acceptors (Lipinski definition) is 4. The molecule has 0 aliphatic rings. The van der Waals surface area contributed by atoms with Gasteiger partial charge >= 0.3 is 5.97 Å². The van der Waals surface area contributed by atoms with E-state index in [2.05, 4.69) is 4.98 Å². The van der Waals surface area contributed by atoms with Gasteiger partial charge in [-0.2, -0.15) is 0 Å². The quantitative estimate of drug-likeness (QED) is 0.532. The zero-order valence-electron chi connectivity index (χ0n) is 14.5. The van der Waals surface area contributed by atoms with Crippen molar-refractivity contribution >= 4 is 35.1 Å². The van der Waals surface area contributed by atoms with Crippen molar-refractivity contribution in [2.24, 2.45) is 0 Å². The Hall–Kier alpha value is -3.72. The SMILES string of the molecule is Cl.Nc1ccn(-c2nc3c(cc2F)c(=O)c(C(=O)O)cn3-c2ccc(F)cc2)c1. The number of nitrogens with zero attached hydrogens (tertiary/aromatic N) is 3. The highest BCUT2D eigenvalue weighted by Gasteiger charge is 2.19. The van der Waals surface area contributed by atoms with Crippen LogP contribution in [0.1, 0.15) is 10.4 Å². The number of aromatic nitrogens is 3. The summed E-state index contributed by atoms with van der Waals surface area (Å²) in [6, 6.07) is 7.62. The Morgan fingerprint density at radius 1 is 1.10 bits per heavy atom. The van der Waals surface area contributed by atoms with Crippen molar-refractivity contribution in [2.45, 2.75) is 0 Å². The fraction of sp³-hybridized carbons (Fsp3) is 0. The minimum absolute atomic E-state index is 0. The van der Waals surface area contributed by atoms with E-state index in [1.807, 2.05) is 0 Å². The third-order valence-corrected chi connectivity index (χ3v) is 4.21. The monoisotopic (exact) mass is 418 g/mol. The Morgan fingerprint density at radius 2 is 1.79 bits per heavy atom. The molecule has 0 saturated heterocycles. The largest absolute Gasteiger partial charge is 0.477 e. The first-order valence-corrected chi connectivity index (χ1v) is 8.04. The van der Waals surface area contributed by atoms with Gasteiger partial charge in [0.15, 0.2) is 17.3 Å². The molecule has 3 aromatic heterocycles. The maximum Gasteiger partial charge on any atom is 0.341 e. The van der Waals surface area contributed by atoms with Crippen LogP contribution in [0.3, 0.4) is 0 Å². The molecule has 0 bridgehead atoms. The summed E-state index contributed by atoms with van der Waals surface area (Å²) in [5, 5.41) is 9.12. The van der Waals surface area contributed by atoms with Crippen LogP contribution in [-0.2, 0) is 0 Å². The van der Waals surface area contributed by atoms with Crippen molar-refractivity contribution in [3.05, 3.63) is 82.4 Å². The molecule has 0 aliphatic heterocycles. The number of nitrogens with two attached hydrogens (primary N) is 1. The molecule has 3 heterocycles. The zero-order chi connectivity index (χ0) is 20.0. The van der Waals surface area contributed by atoms with E-state index < -0.39 is 28.6 Å². The van der Waals surface area contributed by atoms with Gasteiger partial charge < -0.3 is 20.0 Å². The van der Waals surface area contributed by atoms with Crippen molar-refractivity contribution in [2.75, 3.05) is 5.73 Å². The number of nitrogen functional groups attached to an aromatic ring is 1. The molecule has 0 unspecified atom stereocenters. The van der Waals surface area contributed by atoms with Gasteiger partial charge in [-0.3, -0.25) is 4.79 Å². The van der Waals surface area contributed by atoms with E-state index in [1.165, 1.54) is 45.8 Å². The zero-order valence-corrected chi connectivity index (χ0v) is 15.4. The van der Waals surface area contributed by atoms with E-state index in [9.17, 15) is 23.5 Å². The lowest BCUT2D eigenvalue weighted by Gasteiger charge is -2.13. The number of carbonyl (C=O) groups is 1. The number of pyridine rings is 2. The van der Waals surface area contributed by atoms with Crippen LogP contribution in [0.25, 0.3) is 22.5 Å². The molecule has 4 rings (SSSR count). The molecule has 148 valence electrons. The van der Waals surface area contributed by atoms with Gasteiger partial charge in [0, 0.05) is 30.0 Å². The number of hydrogen-bond donors (Lipinski definition) is 2. The summed E-state index contributed by atoms with van der Waals surface area (Å²) in [6.07, 6.45) is 4.03. The van der Waals surface area contributed by atoms with Crippen molar-refractivity contribution < 1.29 is 18.7 Å². The van der Waals surface area contributed by atoms with E-state index in [0.717, 1.165) is 12.3 Å². The molecule has 0 radical (unpaired) electrons. The lowest BCUT2D eigenvalue weighted by Crippen LogP contribution is -2.20. The number of carboxylic acids is 1. The minimum atomic E-state index is -1.47. The summed E-state index contributed by atoms with van der Waals surface area (Å²) < 4.78 is 30.6. The number of aromatic carboxylic acids is 1. The highest BCUT2D eigenvalue weighted by atomic mass is 35.5. The van der Waals surface area contributed by atoms with Crippen molar-refractivity contribution in [3.63, 3.8) is 0 Å². The van der Waals surface area contributed by atoms with Gasteiger partial charge in [-0.05, 0) is 36.4 Å². The van der Waals surface area contributed by atoms with Crippen LogP contribution < -0.4 is 11.2 Å². The molecule has 0 atom stereocenters. The van der Waals surface area contributed by atoms with Gasteiger partial charge in [0.05, 0.1) is 5.39 Å². The molecule has 0 saturated carbocycles. The van der Waals surface area contributed by atoms with Gasteiger partial charge in [0.1, 0.15) is 11.4 Å². The first kappa shape index (κ1) is 20.0. The van der Waals surface area contributed by atoms with Gasteiger partial charge in [0.25, 0.3) is 0 Å². The smallest absolute Gasteiger partial charge is 0.341 e. The van der Waals surface area contributed by atoms with Crippen LogP contribution in [0, 0.1) is 11.6 Å². The van der Waals surface area contributed by atoms with Gasteiger partial charge in [-0.15, -0.1) is 12.4 Å². The van der Waals surface area contributed by atoms with E-state index >= 15 is 0 Å². The minimum Gasteiger partial charge on any atom is -0.477 e. The molecule has 0 fully saturated rings. The molecular formula is C19H13ClF2N4O3. The third kappa shape index (κ3) is 3.43. The predicted molar refractivity (Wildman–Crippen MR) is 105 cm³/mol. The average molecular weight is 419 g/mol. The van der Waals surface area contributed by atoms with Crippen molar-refractivity contribution in [3.8, 4) is 11.5 Å². The number of carboxylic acid groups (broad SMARTS) is 1. The van der Waals surface area contributed by atoms with Gasteiger partial charge in [-0.1, -0.05) is 0 Å². The predicted octanol–water partition coefficient (Wildman–Crippen LogP) is 3.16. The van der Waals surface area contributed by atoms with E-state index in [1.54, 1.807) is 6.07 Å². The van der Waals surface area contributed by atoms with Crippen LogP contribution in [0.4, 0.5) is 14.5 Å². The van der Waals surface area contributed by atoms with Crippen LogP contribution in [0.5, 0.6) is 0 Å². The van der Waals surface area contributed by atoms with Gasteiger partial charge in [0.2, 0.25) is 5.43 Å². The van der Waals surface area contributed by atoms with E-state index in [0.29, 0.717) is 11.4 Å². The second-order valence-electron chi connectivity index (χ2n) is 6.04. The molecule has 29 heavy (non-hydrogen) atoms. The lowest BCUT2D eigenvalue weighted by atomic mass is 10.1. The summed E-state index contributed by atoms with van der Waals surface area (Å²) in [7, 11) is 0. The number of benzene rings is 1. The Kier molecular flexibility index (Phi) is 5.08. The van der Waals surface area contributed by atoms with Crippen LogP contribution >= 0.6 is 12.4 Å². The number of fused-ring (bicyclic) bond motifs is 1. The van der Waals surface area contributed by atoms with Crippen molar-refractivity contribution in [1.29, 1.82) is 0 Å². The molecule has 1 aromatic carbocycles. The summed E-state index contributed by atoms with van der Waals surface area (Å²) in [5.74, 6) is -2.91. The number of anilines is 1. The molecule has 0 spiro atoms. The number of rotatable bonds is 3. The van der Waals surface area contributed by atoms with Crippen LogP contribution in [-0.4, -0.2) is 25.2 Å². The second kappa shape index (κ2) is 7.36. The fourth-order valence-electron chi connectivity index (χ4n) is 2.89. The average Bonchev–Trinajstić information content (AvgIpc) is 3.09. The second-order valence-corrected chi connectivity index (χ2v) is 6.04. The topological polar surface area (TPSA) is 103 Å². The molecule has 3 N–H and O–H groups in total. The van der Waals surface area contributed by atoms with Crippen LogP contribution in [0.2, 0.25) is 0 Å². The Morgan fingerprint density at radius 3 is 2.38 bits per heavy atom. The summed E-state index contributed by atoms with van der Waals surface area (Å²) in [5.41, 5.74) is 4.99. The highest BCUT2D eigenvalue weighted by molar-refractivity contribution is 5.92. The summed E-state index contributed by atoms with van der Waals surface area (Å²) in [6.45, 7) is 0. The first-order valence-electron chi connectivity index (χ1n) is 8.04. The maximum absolute atomic E-state index is 14.6. The first-order chi connectivity index (χ1) is 13.3. The molecular weight excluding hydrogens is 406 g/mol. The van der Waals surface area contributed by atoms with E-state index in [-0.39, 0.29) is 29.3 Å². The standard InChI is InChI=1S/C19H12F2N4O3.ClH/c20-10-1-3-12(4-2-10)25-9-14(19(27)28)16(26)13-7-15(21)18(23-17(13)25)24-6-5-11(22)8-24;/h1-9H,22H2,(H,27,28);1H. The normalized spacial score (nSPS) is 10.7. The fourth-order valence-corrected chi connectivity index (χ4v) is 2.89. The maximum atomic E-state index is 14.6.